The first-order chi connectivity index (χ1) is 8.74. The van der Waals surface area contributed by atoms with E-state index in [2.05, 4.69) is 4.99 Å². The molecule has 0 aromatic heterocycles. The Balaban J connectivity index is 2.36. The molecule has 3 heteroatoms. The lowest BCUT2D eigenvalue weighted by Crippen LogP contribution is -2.02. The van der Waals surface area contributed by atoms with Crippen LogP contribution in [-0.2, 0) is 0 Å². The van der Waals surface area contributed by atoms with Crippen molar-refractivity contribution in [3.05, 3.63) is 59.7 Å². The number of ether oxygens (including phenoxy) is 1. The maximum Gasteiger partial charge on any atom is 0.118 e. The van der Waals surface area contributed by atoms with Gasteiger partial charge in [-0.3, -0.25) is 4.99 Å². The van der Waals surface area contributed by atoms with Gasteiger partial charge in [-0.2, -0.15) is 0 Å². The van der Waals surface area contributed by atoms with Gasteiger partial charge in [-0.15, -0.1) is 0 Å². The molecule has 0 saturated carbocycles. The van der Waals surface area contributed by atoms with Crippen LogP contribution in [0.4, 0.5) is 0 Å². The SMILES string of the molecule is CN=C(c1ccc(O)cc1)c1ccc(OC)cc1. The van der Waals surface area contributed by atoms with E-state index in [1.807, 2.05) is 36.4 Å². The number of aromatic hydroxyl groups is 1. The summed E-state index contributed by atoms with van der Waals surface area (Å²) in [7, 11) is 3.40. The average Bonchev–Trinajstić information content (AvgIpc) is 2.42. The van der Waals surface area contributed by atoms with Crippen LogP contribution in [0.3, 0.4) is 0 Å². The van der Waals surface area contributed by atoms with Crippen LogP contribution >= 0.6 is 0 Å². The standard InChI is InChI=1S/C15H15NO2/c1-16-15(11-3-7-13(17)8-4-11)12-5-9-14(18-2)10-6-12/h3-10,17H,1-2H3. The summed E-state index contributed by atoms with van der Waals surface area (Å²) in [4.78, 5) is 4.31. The highest BCUT2D eigenvalue weighted by Gasteiger charge is 2.06. The molecule has 0 aliphatic carbocycles. The van der Waals surface area contributed by atoms with E-state index in [-0.39, 0.29) is 5.75 Å². The van der Waals surface area contributed by atoms with Gasteiger partial charge >= 0.3 is 0 Å². The molecule has 2 rings (SSSR count). The van der Waals surface area contributed by atoms with Gasteiger partial charge in [0, 0.05) is 18.2 Å². The molecule has 92 valence electrons. The number of nitrogens with zero attached hydrogens (tertiary/aromatic N) is 1. The third kappa shape index (κ3) is 2.51. The molecule has 2 aromatic carbocycles. The van der Waals surface area contributed by atoms with Crippen LogP contribution in [0.1, 0.15) is 11.1 Å². The first-order valence-corrected chi connectivity index (χ1v) is 5.65. The molecule has 2 aromatic rings. The highest BCUT2D eigenvalue weighted by molar-refractivity contribution is 6.12. The van der Waals surface area contributed by atoms with E-state index < -0.39 is 0 Å². The molecule has 0 bridgehead atoms. The lowest BCUT2D eigenvalue weighted by atomic mass is 10.0. The fourth-order valence-electron chi connectivity index (χ4n) is 1.79. The van der Waals surface area contributed by atoms with Crippen LogP contribution < -0.4 is 4.74 Å². The maximum atomic E-state index is 9.29. The molecule has 18 heavy (non-hydrogen) atoms. The van der Waals surface area contributed by atoms with E-state index in [1.54, 1.807) is 26.3 Å². The Hall–Kier alpha value is -2.29. The van der Waals surface area contributed by atoms with Gasteiger partial charge in [-0.05, 0) is 48.5 Å². The fourth-order valence-corrected chi connectivity index (χ4v) is 1.79. The normalized spacial score (nSPS) is 11.3. The molecule has 0 spiro atoms. The van der Waals surface area contributed by atoms with E-state index in [1.165, 1.54) is 0 Å². The molecular weight excluding hydrogens is 226 g/mol. The van der Waals surface area contributed by atoms with Crippen LogP contribution in [0.15, 0.2) is 53.5 Å². The molecule has 0 radical (unpaired) electrons. The summed E-state index contributed by atoms with van der Waals surface area (Å²) in [6, 6.07) is 14.8. The van der Waals surface area contributed by atoms with Crippen molar-refractivity contribution in [2.45, 2.75) is 0 Å². The van der Waals surface area contributed by atoms with Crippen LogP contribution in [-0.4, -0.2) is 25.0 Å². The second-order valence-electron chi connectivity index (χ2n) is 3.85. The highest BCUT2D eigenvalue weighted by Crippen LogP contribution is 2.17. The van der Waals surface area contributed by atoms with Gasteiger partial charge in [0.25, 0.3) is 0 Å². The molecule has 0 heterocycles. The Kier molecular flexibility index (Phi) is 3.63. The van der Waals surface area contributed by atoms with Crippen molar-refractivity contribution >= 4 is 5.71 Å². The number of benzene rings is 2. The molecule has 0 atom stereocenters. The minimum absolute atomic E-state index is 0.254. The number of phenolic OH excluding ortho intramolecular Hbond substituents is 1. The Bertz CT molecular complexity index is 542. The smallest absolute Gasteiger partial charge is 0.118 e. The molecule has 0 amide bonds. The van der Waals surface area contributed by atoms with E-state index in [9.17, 15) is 5.11 Å². The molecule has 0 aliphatic heterocycles. The van der Waals surface area contributed by atoms with Crippen molar-refractivity contribution in [2.75, 3.05) is 14.2 Å². The summed E-state index contributed by atoms with van der Waals surface area (Å²) < 4.78 is 5.13. The summed E-state index contributed by atoms with van der Waals surface area (Å²) in [5, 5.41) is 9.29. The minimum atomic E-state index is 0.254. The van der Waals surface area contributed by atoms with Gasteiger partial charge < -0.3 is 9.84 Å². The van der Waals surface area contributed by atoms with E-state index in [0.29, 0.717) is 0 Å². The molecule has 1 N–H and O–H groups in total. The van der Waals surface area contributed by atoms with E-state index in [0.717, 1.165) is 22.6 Å². The number of phenols is 1. The van der Waals surface area contributed by atoms with Gasteiger partial charge in [0.05, 0.1) is 12.8 Å². The van der Waals surface area contributed by atoms with Crippen LogP contribution in [0.5, 0.6) is 11.5 Å². The summed E-state index contributed by atoms with van der Waals surface area (Å²) in [5.74, 6) is 1.07. The van der Waals surface area contributed by atoms with Gasteiger partial charge in [0.1, 0.15) is 11.5 Å². The third-order valence-electron chi connectivity index (χ3n) is 2.73. The zero-order valence-electron chi connectivity index (χ0n) is 10.4. The van der Waals surface area contributed by atoms with Crippen LogP contribution in [0.2, 0.25) is 0 Å². The van der Waals surface area contributed by atoms with Crippen molar-refractivity contribution in [3.63, 3.8) is 0 Å². The van der Waals surface area contributed by atoms with Crippen molar-refractivity contribution in [1.82, 2.24) is 0 Å². The van der Waals surface area contributed by atoms with E-state index >= 15 is 0 Å². The van der Waals surface area contributed by atoms with Crippen molar-refractivity contribution in [3.8, 4) is 11.5 Å². The number of rotatable bonds is 3. The second kappa shape index (κ2) is 5.36. The van der Waals surface area contributed by atoms with Gasteiger partial charge in [-0.1, -0.05) is 0 Å². The molecule has 0 aliphatic rings. The summed E-state index contributed by atoms with van der Waals surface area (Å²) in [5.41, 5.74) is 2.88. The zero-order valence-corrected chi connectivity index (χ0v) is 10.4. The fraction of sp³-hybridized carbons (Fsp3) is 0.133. The Morgan fingerprint density at radius 3 is 1.89 bits per heavy atom. The van der Waals surface area contributed by atoms with E-state index in [4.69, 9.17) is 4.74 Å². The largest absolute Gasteiger partial charge is 0.508 e. The summed E-state index contributed by atoms with van der Waals surface area (Å²) in [6.07, 6.45) is 0. The molecule has 0 unspecified atom stereocenters. The topological polar surface area (TPSA) is 41.8 Å². The lowest BCUT2D eigenvalue weighted by molar-refractivity contribution is 0.415. The van der Waals surface area contributed by atoms with Gasteiger partial charge in [0.15, 0.2) is 0 Å². The zero-order chi connectivity index (χ0) is 13.0. The maximum absolute atomic E-state index is 9.29. The molecule has 0 saturated heterocycles. The molecular formula is C15H15NO2. The minimum Gasteiger partial charge on any atom is -0.508 e. The van der Waals surface area contributed by atoms with Crippen LogP contribution in [0, 0.1) is 0 Å². The first kappa shape index (κ1) is 12.2. The van der Waals surface area contributed by atoms with Gasteiger partial charge in [-0.25, -0.2) is 0 Å². The monoisotopic (exact) mass is 241 g/mol. The number of hydrogen-bond donors (Lipinski definition) is 1. The van der Waals surface area contributed by atoms with Crippen LogP contribution in [0.25, 0.3) is 0 Å². The summed E-state index contributed by atoms with van der Waals surface area (Å²) >= 11 is 0. The number of aliphatic imine (C=N–C) groups is 1. The predicted molar refractivity (Wildman–Crippen MR) is 72.7 cm³/mol. The Labute approximate surface area is 106 Å². The number of hydrogen-bond acceptors (Lipinski definition) is 3. The average molecular weight is 241 g/mol. The number of methoxy groups -OCH3 is 1. The second-order valence-corrected chi connectivity index (χ2v) is 3.85. The van der Waals surface area contributed by atoms with Crippen molar-refractivity contribution in [1.29, 1.82) is 0 Å². The molecule has 3 nitrogen and oxygen atoms in total. The quantitative estimate of drug-likeness (QED) is 0.839. The van der Waals surface area contributed by atoms with Gasteiger partial charge in [0.2, 0.25) is 0 Å². The Morgan fingerprint density at radius 1 is 0.944 bits per heavy atom. The van der Waals surface area contributed by atoms with Crippen molar-refractivity contribution in [2.24, 2.45) is 4.99 Å². The lowest BCUT2D eigenvalue weighted by Gasteiger charge is -2.07. The summed E-state index contributed by atoms with van der Waals surface area (Å²) in [6.45, 7) is 0. The highest BCUT2D eigenvalue weighted by atomic mass is 16.5. The van der Waals surface area contributed by atoms with Crippen molar-refractivity contribution < 1.29 is 9.84 Å². The Morgan fingerprint density at radius 2 is 1.44 bits per heavy atom. The first-order valence-electron chi connectivity index (χ1n) is 5.65. The third-order valence-corrected chi connectivity index (χ3v) is 2.73. The predicted octanol–water partition coefficient (Wildman–Crippen LogP) is 2.87. The molecule has 0 fully saturated rings.